The van der Waals surface area contributed by atoms with E-state index in [1.54, 1.807) is 0 Å². The lowest BCUT2D eigenvalue weighted by Crippen LogP contribution is -2.32. The average Bonchev–Trinajstić information content (AvgIpc) is 3.59. The summed E-state index contributed by atoms with van der Waals surface area (Å²) in [4.78, 5) is 18.6. The highest BCUT2D eigenvalue weighted by atomic mass is 32.2. The van der Waals surface area contributed by atoms with Crippen molar-refractivity contribution in [2.75, 3.05) is 0 Å². The molecule has 0 bridgehead atoms. The Morgan fingerprint density at radius 3 is 1.62 bits per heavy atom. The lowest BCUT2D eigenvalue weighted by atomic mass is 9.67. The summed E-state index contributed by atoms with van der Waals surface area (Å²) >= 11 is 1.87. The van der Waals surface area contributed by atoms with Gasteiger partial charge in [0.1, 0.15) is 0 Å². The molecule has 13 rings (SSSR count). The van der Waals surface area contributed by atoms with Crippen LogP contribution in [0.2, 0.25) is 0 Å². The Morgan fingerprint density at radius 1 is 0.350 bits per heavy atom. The summed E-state index contributed by atoms with van der Waals surface area (Å²) in [6.07, 6.45) is 0. The number of nitrogens with zero attached hydrogens (tertiary/aromatic N) is 3. The van der Waals surface area contributed by atoms with E-state index in [9.17, 15) is 0 Å². The van der Waals surface area contributed by atoms with Crippen molar-refractivity contribution in [1.29, 1.82) is 0 Å². The Morgan fingerprint density at radius 2 is 0.917 bits per heavy atom. The van der Waals surface area contributed by atoms with E-state index in [4.69, 9.17) is 15.0 Å². The first-order valence-corrected chi connectivity index (χ1v) is 21.2. The minimum absolute atomic E-state index is 0.569. The number of hydrogen-bond acceptors (Lipinski definition) is 4. The molecule has 278 valence electrons. The smallest absolute Gasteiger partial charge is 0.0972 e. The Bertz CT molecular complexity index is 3530. The Balaban J connectivity index is 1.11. The zero-order chi connectivity index (χ0) is 39.4. The number of para-hydroxylation sites is 1. The average molecular weight is 780 g/mol. The normalized spacial score (nSPS) is 13.4. The van der Waals surface area contributed by atoms with Crippen LogP contribution in [0.5, 0.6) is 0 Å². The van der Waals surface area contributed by atoms with Crippen molar-refractivity contribution in [2.45, 2.75) is 15.2 Å². The van der Waals surface area contributed by atoms with Crippen LogP contribution >= 0.6 is 11.8 Å². The minimum Gasteiger partial charge on any atom is -0.247 e. The maximum atomic E-state index is 5.45. The second-order valence-electron chi connectivity index (χ2n) is 15.9. The number of pyridine rings is 3. The van der Waals surface area contributed by atoms with Gasteiger partial charge in [-0.15, -0.1) is 0 Å². The predicted molar refractivity (Wildman–Crippen MR) is 248 cm³/mol. The predicted octanol–water partition coefficient (Wildman–Crippen LogP) is 14.3. The molecule has 0 atom stereocenters. The van der Waals surface area contributed by atoms with Crippen molar-refractivity contribution in [1.82, 2.24) is 15.0 Å². The van der Waals surface area contributed by atoms with Crippen LogP contribution in [-0.2, 0) is 5.41 Å². The molecule has 0 amide bonds. The molecule has 1 aliphatic carbocycles. The molecular formula is C56H33N3S. The van der Waals surface area contributed by atoms with E-state index in [1.807, 2.05) is 17.8 Å². The van der Waals surface area contributed by atoms with Crippen LogP contribution in [0.15, 0.2) is 210 Å². The summed E-state index contributed by atoms with van der Waals surface area (Å²) in [6, 6.07) is 72.6. The summed E-state index contributed by atoms with van der Waals surface area (Å²) in [7, 11) is 0. The van der Waals surface area contributed by atoms with E-state index in [0.717, 1.165) is 71.9 Å². The molecule has 0 saturated carbocycles. The van der Waals surface area contributed by atoms with Gasteiger partial charge in [0.15, 0.2) is 0 Å². The van der Waals surface area contributed by atoms with E-state index < -0.39 is 5.41 Å². The van der Waals surface area contributed by atoms with Crippen molar-refractivity contribution in [3.05, 3.63) is 222 Å². The Kier molecular flexibility index (Phi) is 7.16. The maximum absolute atomic E-state index is 5.45. The molecule has 0 fully saturated rings. The van der Waals surface area contributed by atoms with Gasteiger partial charge in [-0.2, -0.15) is 0 Å². The van der Waals surface area contributed by atoms with E-state index in [-0.39, 0.29) is 0 Å². The van der Waals surface area contributed by atoms with Gasteiger partial charge < -0.3 is 0 Å². The topological polar surface area (TPSA) is 38.7 Å². The number of aromatic nitrogens is 3. The van der Waals surface area contributed by atoms with Crippen LogP contribution in [0.4, 0.5) is 0 Å². The van der Waals surface area contributed by atoms with Crippen LogP contribution < -0.4 is 0 Å². The Labute approximate surface area is 351 Å². The molecule has 0 unspecified atom stereocenters. The minimum atomic E-state index is -0.569. The summed E-state index contributed by atoms with van der Waals surface area (Å²) in [5.74, 6) is 0. The number of benzene rings is 8. The van der Waals surface area contributed by atoms with Crippen LogP contribution in [0.3, 0.4) is 0 Å². The second kappa shape index (κ2) is 12.8. The van der Waals surface area contributed by atoms with Gasteiger partial charge in [0.2, 0.25) is 0 Å². The van der Waals surface area contributed by atoms with Gasteiger partial charge in [-0.05, 0) is 87.3 Å². The molecule has 1 aliphatic heterocycles. The third kappa shape index (κ3) is 4.77. The molecule has 3 aromatic heterocycles. The summed E-state index contributed by atoms with van der Waals surface area (Å²) in [6.45, 7) is 0. The van der Waals surface area contributed by atoms with Crippen molar-refractivity contribution in [2.24, 2.45) is 0 Å². The number of hydrogen-bond donors (Lipinski definition) is 0. The fourth-order valence-electron chi connectivity index (χ4n) is 10.0. The molecule has 4 heteroatoms. The molecule has 0 radical (unpaired) electrons. The fraction of sp³-hybridized carbons (Fsp3) is 0.0179. The first-order chi connectivity index (χ1) is 29.7. The zero-order valence-electron chi connectivity index (χ0n) is 32.3. The molecule has 60 heavy (non-hydrogen) atoms. The lowest BCUT2D eigenvalue weighted by Gasteiger charge is -2.39. The highest BCUT2D eigenvalue weighted by molar-refractivity contribution is 7.99. The fourth-order valence-corrected chi connectivity index (χ4v) is 11.2. The van der Waals surface area contributed by atoms with E-state index >= 15 is 0 Å². The summed E-state index contributed by atoms with van der Waals surface area (Å²) < 4.78 is 0. The van der Waals surface area contributed by atoms with Crippen LogP contribution in [-0.4, -0.2) is 15.0 Å². The molecule has 2 aliphatic rings. The van der Waals surface area contributed by atoms with Gasteiger partial charge in [-0.1, -0.05) is 163 Å². The SMILES string of the molecule is c1ccc(-c2ccc3ccc4ccc(-c5ccc6c(c5)C5(c7ccccc7Sc7ccccc75)c5cc7c(cc5-6)c(-c5ccccc5)nc5ccccc57)nc4c3n2)cc1. The molecule has 4 heterocycles. The van der Waals surface area contributed by atoms with Crippen LogP contribution in [0.25, 0.3) is 88.4 Å². The second-order valence-corrected chi connectivity index (χ2v) is 16.9. The van der Waals surface area contributed by atoms with Gasteiger partial charge in [0.25, 0.3) is 0 Å². The lowest BCUT2D eigenvalue weighted by molar-refractivity contribution is 0.723. The van der Waals surface area contributed by atoms with Crippen molar-refractivity contribution in [3.63, 3.8) is 0 Å². The quantitative estimate of drug-likeness (QED) is 0.167. The standard InChI is InChI=1S/C56H33N3S/c1-3-13-34(14-4-1)48-29-26-36-23-24-37-27-30-49(58-55(37)54(36)57-48)38-25-28-39-42-32-43-41(40-17-7-10-20-50(40)59-53(43)35-15-5-2-6-16-35)33-47(42)56(46(39)31-38)44-18-8-11-21-51(44)60-52-22-12-9-19-45(52)56/h1-33H. The van der Waals surface area contributed by atoms with Crippen molar-refractivity contribution in [3.8, 4) is 44.9 Å². The highest BCUT2D eigenvalue weighted by Gasteiger charge is 2.50. The molecular weight excluding hydrogens is 747 g/mol. The molecule has 1 spiro atoms. The van der Waals surface area contributed by atoms with Crippen LogP contribution in [0.1, 0.15) is 22.3 Å². The van der Waals surface area contributed by atoms with Gasteiger partial charge >= 0.3 is 0 Å². The van der Waals surface area contributed by atoms with Gasteiger partial charge in [0.05, 0.1) is 39.0 Å². The maximum Gasteiger partial charge on any atom is 0.0972 e. The van der Waals surface area contributed by atoms with Gasteiger partial charge in [0, 0.05) is 48.0 Å². The third-order valence-corrected chi connectivity index (χ3v) is 13.8. The summed E-state index contributed by atoms with van der Waals surface area (Å²) in [5.41, 5.74) is 16.1. The number of fused-ring (bicyclic) bond motifs is 15. The van der Waals surface area contributed by atoms with E-state index in [1.165, 1.54) is 48.6 Å². The molecule has 0 saturated heterocycles. The Hall–Kier alpha value is -7.40. The third-order valence-electron chi connectivity index (χ3n) is 12.7. The largest absolute Gasteiger partial charge is 0.247 e. The molecule has 8 aromatic carbocycles. The first-order valence-electron chi connectivity index (χ1n) is 20.4. The monoisotopic (exact) mass is 779 g/mol. The summed E-state index contributed by atoms with van der Waals surface area (Å²) in [5, 5.41) is 5.67. The molecule has 3 nitrogen and oxygen atoms in total. The van der Waals surface area contributed by atoms with Gasteiger partial charge in [-0.3, -0.25) is 0 Å². The highest BCUT2D eigenvalue weighted by Crippen LogP contribution is 2.63. The zero-order valence-corrected chi connectivity index (χ0v) is 33.1. The van der Waals surface area contributed by atoms with E-state index in [2.05, 4.69) is 194 Å². The van der Waals surface area contributed by atoms with Crippen LogP contribution in [0, 0.1) is 0 Å². The van der Waals surface area contributed by atoms with Crippen molar-refractivity contribution < 1.29 is 0 Å². The molecule has 11 aromatic rings. The van der Waals surface area contributed by atoms with Gasteiger partial charge in [-0.25, -0.2) is 15.0 Å². The first kappa shape index (κ1) is 33.6. The van der Waals surface area contributed by atoms with E-state index in [0.29, 0.717) is 0 Å². The van der Waals surface area contributed by atoms with Crippen molar-refractivity contribution >= 4 is 55.2 Å². The molecule has 0 N–H and O–H groups in total. The number of rotatable bonds is 3.